The highest BCUT2D eigenvalue weighted by Gasteiger charge is 2.53. The lowest BCUT2D eigenvalue weighted by atomic mass is 9.64. The number of nitrogens with zero attached hydrogens (tertiary/aromatic N) is 2. The Morgan fingerprint density at radius 2 is 2.36 bits per heavy atom. The maximum Gasteiger partial charge on any atom is 0.315 e. The minimum atomic E-state index is -0.926. The Balaban J connectivity index is 2.39. The van der Waals surface area contributed by atoms with Gasteiger partial charge in [-0.1, -0.05) is 0 Å². The molecule has 1 saturated carbocycles. The number of aryl methyl sites for hydroxylation is 1. The summed E-state index contributed by atoms with van der Waals surface area (Å²) in [6.45, 7) is 0. The molecule has 1 aliphatic rings. The van der Waals surface area contributed by atoms with Crippen LogP contribution in [0.15, 0.2) is 12.3 Å². The monoisotopic (exact) mass is 196 g/mol. The summed E-state index contributed by atoms with van der Waals surface area (Å²) in [7, 11) is 1.71. The zero-order valence-electron chi connectivity index (χ0n) is 7.84. The Hall–Kier alpha value is -1.36. The van der Waals surface area contributed by atoms with Crippen molar-refractivity contribution in [2.45, 2.75) is 24.4 Å². The zero-order chi connectivity index (χ0) is 10.3. The Bertz CT molecular complexity index is 366. The maximum absolute atomic E-state index is 11.1. The Morgan fingerprint density at radius 3 is 2.71 bits per heavy atom. The molecular formula is C9H12N2O3. The van der Waals surface area contributed by atoms with Gasteiger partial charge < -0.3 is 10.2 Å². The van der Waals surface area contributed by atoms with Gasteiger partial charge in [-0.15, -0.1) is 0 Å². The van der Waals surface area contributed by atoms with E-state index in [0.29, 0.717) is 5.69 Å². The third kappa shape index (κ3) is 1.05. The summed E-state index contributed by atoms with van der Waals surface area (Å²) < 4.78 is 1.56. The average Bonchev–Trinajstić information content (AvgIpc) is 2.45. The molecule has 14 heavy (non-hydrogen) atoms. The van der Waals surface area contributed by atoms with Crippen LogP contribution in [-0.2, 0) is 17.3 Å². The van der Waals surface area contributed by atoms with E-state index < -0.39 is 17.5 Å². The first-order valence-corrected chi connectivity index (χ1v) is 4.46. The fourth-order valence-corrected chi connectivity index (χ4v) is 2.08. The number of rotatable bonds is 2. The van der Waals surface area contributed by atoms with Gasteiger partial charge in [0, 0.05) is 13.2 Å². The Morgan fingerprint density at radius 1 is 1.71 bits per heavy atom. The number of aliphatic hydroxyl groups is 1. The van der Waals surface area contributed by atoms with E-state index >= 15 is 0 Å². The van der Waals surface area contributed by atoms with E-state index in [2.05, 4.69) is 5.10 Å². The molecule has 0 unspecified atom stereocenters. The molecule has 0 radical (unpaired) electrons. The van der Waals surface area contributed by atoms with Crippen LogP contribution in [0.3, 0.4) is 0 Å². The van der Waals surface area contributed by atoms with Gasteiger partial charge in [0.25, 0.3) is 0 Å². The molecule has 5 heteroatoms. The molecule has 0 saturated heterocycles. The van der Waals surface area contributed by atoms with Crippen molar-refractivity contribution in [1.29, 1.82) is 0 Å². The lowest BCUT2D eigenvalue weighted by Gasteiger charge is -2.41. The average molecular weight is 196 g/mol. The number of carbonyl (C=O) groups is 1. The third-order valence-electron chi connectivity index (χ3n) is 2.89. The van der Waals surface area contributed by atoms with E-state index in [-0.39, 0.29) is 12.8 Å². The van der Waals surface area contributed by atoms with Gasteiger partial charge in [-0.3, -0.25) is 9.48 Å². The lowest BCUT2D eigenvalue weighted by Crippen LogP contribution is -2.51. The molecule has 0 spiro atoms. The minimum Gasteiger partial charge on any atom is -0.481 e. The molecular weight excluding hydrogens is 184 g/mol. The minimum absolute atomic E-state index is 0.280. The lowest BCUT2D eigenvalue weighted by molar-refractivity contribution is -0.153. The second kappa shape index (κ2) is 2.81. The summed E-state index contributed by atoms with van der Waals surface area (Å²) >= 11 is 0. The Kier molecular flexibility index (Phi) is 1.85. The van der Waals surface area contributed by atoms with E-state index in [1.807, 2.05) is 0 Å². The number of aliphatic hydroxyl groups excluding tert-OH is 1. The highest BCUT2D eigenvalue weighted by atomic mass is 16.4. The van der Waals surface area contributed by atoms with Gasteiger partial charge >= 0.3 is 5.97 Å². The van der Waals surface area contributed by atoms with E-state index in [0.717, 1.165) is 0 Å². The number of aromatic nitrogens is 2. The smallest absolute Gasteiger partial charge is 0.315 e. The van der Waals surface area contributed by atoms with Crippen LogP contribution in [-0.4, -0.2) is 32.1 Å². The van der Waals surface area contributed by atoms with Gasteiger partial charge in [0.2, 0.25) is 0 Å². The molecule has 1 aliphatic carbocycles. The number of hydrogen-bond donors (Lipinski definition) is 2. The molecule has 76 valence electrons. The van der Waals surface area contributed by atoms with Gasteiger partial charge in [0.15, 0.2) is 0 Å². The number of aliphatic carboxylic acids is 1. The van der Waals surface area contributed by atoms with Crippen molar-refractivity contribution in [1.82, 2.24) is 9.78 Å². The van der Waals surface area contributed by atoms with Crippen LogP contribution in [0.2, 0.25) is 0 Å². The predicted octanol–water partition coefficient (Wildman–Crippen LogP) is -0.103. The van der Waals surface area contributed by atoms with Crippen molar-refractivity contribution in [2.75, 3.05) is 0 Å². The second-order valence-corrected chi connectivity index (χ2v) is 3.79. The first-order chi connectivity index (χ1) is 6.56. The molecule has 0 amide bonds. The molecule has 2 N–H and O–H groups in total. The van der Waals surface area contributed by atoms with E-state index in [1.54, 1.807) is 24.0 Å². The number of carboxylic acid groups (broad SMARTS) is 1. The van der Waals surface area contributed by atoms with Crippen molar-refractivity contribution < 1.29 is 15.0 Å². The van der Waals surface area contributed by atoms with Gasteiger partial charge in [0.1, 0.15) is 5.41 Å². The molecule has 0 atom stereocenters. The highest BCUT2D eigenvalue weighted by Crippen LogP contribution is 2.43. The quantitative estimate of drug-likeness (QED) is 0.692. The van der Waals surface area contributed by atoms with Gasteiger partial charge in [-0.05, 0) is 18.9 Å². The molecule has 1 aromatic heterocycles. The first-order valence-electron chi connectivity index (χ1n) is 4.46. The Labute approximate surface area is 81.0 Å². The van der Waals surface area contributed by atoms with Gasteiger partial charge in [-0.2, -0.15) is 5.10 Å². The third-order valence-corrected chi connectivity index (χ3v) is 2.89. The summed E-state index contributed by atoms with van der Waals surface area (Å²) in [6, 6.07) is 1.69. The van der Waals surface area contributed by atoms with Crippen molar-refractivity contribution in [3.05, 3.63) is 18.0 Å². The van der Waals surface area contributed by atoms with E-state index in [9.17, 15) is 9.90 Å². The molecule has 0 aromatic carbocycles. The summed E-state index contributed by atoms with van der Waals surface area (Å²) in [5.74, 6) is -0.883. The fourth-order valence-electron chi connectivity index (χ4n) is 2.08. The van der Waals surface area contributed by atoms with Crippen molar-refractivity contribution in [2.24, 2.45) is 7.05 Å². The molecule has 2 rings (SSSR count). The van der Waals surface area contributed by atoms with Crippen molar-refractivity contribution >= 4 is 5.97 Å². The number of hydrogen-bond acceptors (Lipinski definition) is 3. The van der Waals surface area contributed by atoms with E-state index in [1.165, 1.54) is 0 Å². The van der Waals surface area contributed by atoms with Crippen molar-refractivity contribution in [3.63, 3.8) is 0 Å². The summed E-state index contributed by atoms with van der Waals surface area (Å²) in [4.78, 5) is 11.1. The largest absolute Gasteiger partial charge is 0.481 e. The zero-order valence-corrected chi connectivity index (χ0v) is 7.84. The van der Waals surface area contributed by atoms with Crippen LogP contribution in [0.1, 0.15) is 18.5 Å². The fraction of sp³-hybridized carbons (Fsp3) is 0.556. The topological polar surface area (TPSA) is 75.4 Å². The van der Waals surface area contributed by atoms with Gasteiger partial charge in [0.05, 0.1) is 11.8 Å². The summed E-state index contributed by atoms with van der Waals surface area (Å²) in [5, 5.41) is 22.3. The van der Waals surface area contributed by atoms with Crippen molar-refractivity contribution in [3.8, 4) is 0 Å². The standard InChI is InChI=1S/C9H12N2O3/c1-11-7(2-3-10-11)9(8(13)14)4-6(12)5-9/h2-3,6,12H,4-5H2,1H3,(H,13,14). The van der Waals surface area contributed by atoms with E-state index in [4.69, 9.17) is 5.11 Å². The SMILES string of the molecule is Cn1nccc1C1(C(=O)O)CC(O)C1. The summed E-state index contributed by atoms with van der Waals surface area (Å²) in [6.07, 6.45) is 1.63. The van der Waals surface area contributed by atoms with Crippen LogP contribution in [0.25, 0.3) is 0 Å². The maximum atomic E-state index is 11.1. The van der Waals surface area contributed by atoms with Crippen LogP contribution in [0.4, 0.5) is 0 Å². The molecule has 1 heterocycles. The van der Waals surface area contributed by atoms with Crippen LogP contribution >= 0.6 is 0 Å². The molecule has 1 fully saturated rings. The molecule has 0 bridgehead atoms. The molecule has 1 aromatic rings. The first kappa shape index (κ1) is 9.21. The van der Waals surface area contributed by atoms with Crippen LogP contribution in [0.5, 0.6) is 0 Å². The molecule has 0 aliphatic heterocycles. The normalized spacial score (nSPS) is 31.1. The van der Waals surface area contributed by atoms with Gasteiger partial charge in [-0.25, -0.2) is 0 Å². The van der Waals surface area contributed by atoms with Crippen LogP contribution < -0.4 is 0 Å². The highest BCUT2D eigenvalue weighted by molar-refractivity contribution is 5.82. The predicted molar refractivity (Wildman–Crippen MR) is 47.8 cm³/mol. The van der Waals surface area contributed by atoms with Crippen LogP contribution in [0, 0.1) is 0 Å². The number of carboxylic acids is 1. The summed E-state index contributed by atoms with van der Waals surface area (Å²) in [5.41, 5.74) is -0.264. The molecule has 5 nitrogen and oxygen atoms in total. The second-order valence-electron chi connectivity index (χ2n) is 3.79.